The van der Waals surface area contributed by atoms with Gasteiger partial charge in [0.2, 0.25) is 0 Å². The van der Waals surface area contributed by atoms with Crippen LogP contribution < -0.4 is 0 Å². The molecule has 1 aromatic carbocycles. The van der Waals surface area contributed by atoms with Crippen LogP contribution in [0.5, 0.6) is 0 Å². The second-order valence-electron chi connectivity index (χ2n) is 8.47. The van der Waals surface area contributed by atoms with Gasteiger partial charge in [-0.3, -0.25) is 9.69 Å². The summed E-state index contributed by atoms with van der Waals surface area (Å²) < 4.78 is 12.0. The number of rotatable bonds is 4. The Morgan fingerprint density at radius 3 is 2.85 bits per heavy atom. The van der Waals surface area contributed by atoms with E-state index in [1.807, 2.05) is 6.92 Å². The maximum absolute atomic E-state index is 13.2. The van der Waals surface area contributed by atoms with Crippen molar-refractivity contribution in [2.45, 2.75) is 51.7 Å². The molecule has 146 valence electrons. The molecule has 2 heterocycles. The smallest absolute Gasteiger partial charge is 0.316 e. The summed E-state index contributed by atoms with van der Waals surface area (Å²) in [5.74, 6) is -0.0639. The highest BCUT2D eigenvalue weighted by atomic mass is 16.5. The minimum atomic E-state index is -0.554. The maximum Gasteiger partial charge on any atom is 0.316 e. The van der Waals surface area contributed by atoms with Crippen molar-refractivity contribution in [3.63, 3.8) is 0 Å². The van der Waals surface area contributed by atoms with Gasteiger partial charge >= 0.3 is 5.97 Å². The van der Waals surface area contributed by atoms with Gasteiger partial charge in [0.1, 0.15) is 5.41 Å². The number of carbonyl (C=O) groups excluding carboxylic acids is 1. The largest absolute Gasteiger partial charge is 0.465 e. The van der Waals surface area contributed by atoms with Crippen molar-refractivity contribution >= 4 is 5.97 Å². The van der Waals surface area contributed by atoms with Gasteiger partial charge in [0.05, 0.1) is 19.3 Å². The Hall–Kier alpha value is -1.65. The molecule has 4 rings (SSSR count). The first-order valence-electron chi connectivity index (χ1n) is 10.3. The van der Waals surface area contributed by atoms with Gasteiger partial charge in [-0.2, -0.15) is 0 Å². The van der Waals surface area contributed by atoms with Crippen molar-refractivity contribution in [3.05, 3.63) is 48.0 Å². The molecule has 1 saturated heterocycles. The van der Waals surface area contributed by atoms with Gasteiger partial charge in [-0.25, -0.2) is 0 Å². The van der Waals surface area contributed by atoms with E-state index in [9.17, 15) is 4.79 Å². The maximum atomic E-state index is 13.2. The number of piperidine rings is 1. The first-order chi connectivity index (χ1) is 13.1. The fourth-order valence-electron chi connectivity index (χ4n) is 5.66. The SMILES string of the molecule is CCOC(=O)[C@]12CCC[C@]3(CC=CCO[C@@H]31)CN([C@@H](C)c1ccccc1)C2. The average molecular weight is 370 g/mol. The van der Waals surface area contributed by atoms with Crippen LogP contribution >= 0.6 is 0 Å². The molecule has 2 fully saturated rings. The molecular formula is C23H31NO3. The second kappa shape index (κ2) is 7.40. The molecular weight excluding hydrogens is 338 g/mol. The molecule has 4 heteroatoms. The number of hydrogen-bond donors (Lipinski definition) is 0. The number of esters is 1. The van der Waals surface area contributed by atoms with Crippen molar-refractivity contribution in [2.75, 3.05) is 26.3 Å². The molecule has 1 saturated carbocycles. The number of ether oxygens (including phenoxy) is 2. The fourth-order valence-corrected chi connectivity index (χ4v) is 5.66. The van der Waals surface area contributed by atoms with E-state index in [1.54, 1.807) is 0 Å². The highest BCUT2D eigenvalue weighted by Gasteiger charge is 2.63. The number of benzene rings is 1. The lowest BCUT2D eigenvalue weighted by Crippen LogP contribution is -2.68. The number of allylic oxidation sites excluding steroid dienone is 1. The van der Waals surface area contributed by atoms with E-state index in [-0.39, 0.29) is 23.5 Å². The van der Waals surface area contributed by atoms with Gasteiger partial charge in [-0.15, -0.1) is 0 Å². The molecule has 0 N–H and O–H groups in total. The Balaban J connectivity index is 1.73. The summed E-state index contributed by atoms with van der Waals surface area (Å²) >= 11 is 0. The quantitative estimate of drug-likeness (QED) is 0.591. The third-order valence-electron chi connectivity index (χ3n) is 6.92. The molecule has 2 aliphatic heterocycles. The lowest BCUT2D eigenvalue weighted by Gasteiger charge is -2.60. The predicted octanol–water partition coefficient (Wildman–Crippen LogP) is 4.13. The molecule has 0 radical (unpaired) electrons. The third-order valence-corrected chi connectivity index (χ3v) is 6.92. The molecule has 0 unspecified atom stereocenters. The summed E-state index contributed by atoms with van der Waals surface area (Å²) in [6, 6.07) is 10.9. The van der Waals surface area contributed by atoms with E-state index in [4.69, 9.17) is 9.47 Å². The molecule has 0 amide bonds. The van der Waals surface area contributed by atoms with Crippen LogP contribution in [0, 0.1) is 10.8 Å². The highest BCUT2D eigenvalue weighted by molar-refractivity contribution is 5.79. The van der Waals surface area contributed by atoms with E-state index < -0.39 is 5.41 Å². The summed E-state index contributed by atoms with van der Waals surface area (Å²) in [5.41, 5.74) is 0.746. The van der Waals surface area contributed by atoms with E-state index in [1.165, 1.54) is 5.56 Å². The van der Waals surface area contributed by atoms with Crippen LogP contribution in [0.1, 0.15) is 51.1 Å². The molecule has 27 heavy (non-hydrogen) atoms. The summed E-state index contributed by atoms with van der Waals surface area (Å²) in [7, 11) is 0. The summed E-state index contributed by atoms with van der Waals surface area (Å²) in [6.45, 7) is 6.86. The first-order valence-corrected chi connectivity index (χ1v) is 10.3. The summed E-state index contributed by atoms with van der Waals surface area (Å²) in [4.78, 5) is 15.8. The lowest BCUT2D eigenvalue weighted by atomic mass is 9.55. The number of carbonyl (C=O) groups is 1. The normalized spacial score (nSPS) is 34.4. The Morgan fingerprint density at radius 2 is 2.07 bits per heavy atom. The van der Waals surface area contributed by atoms with E-state index >= 15 is 0 Å². The molecule has 1 aliphatic carbocycles. The zero-order valence-electron chi connectivity index (χ0n) is 16.5. The Bertz CT molecular complexity index is 703. The monoisotopic (exact) mass is 369 g/mol. The standard InChI is InChI=1S/C23H31NO3/c1-3-26-21(25)23-14-9-13-22(12-7-8-15-27-20(22)23)16-24(17-23)18(2)19-10-5-4-6-11-19/h4-8,10-11,18,20H,3,9,12-17H2,1-2H3/t18-,20-,22+,23-/m0/s1. The lowest BCUT2D eigenvalue weighted by molar-refractivity contribution is -0.212. The van der Waals surface area contributed by atoms with Crippen LogP contribution in [-0.4, -0.2) is 43.3 Å². The highest BCUT2D eigenvalue weighted by Crippen LogP contribution is 2.56. The Kier molecular flexibility index (Phi) is 5.13. The molecule has 0 aromatic heterocycles. The van der Waals surface area contributed by atoms with Crippen LogP contribution in [0.3, 0.4) is 0 Å². The number of nitrogens with zero attached hydrogens (tertiary/aromatic N) is 1. The number of likely N-dealkylation sites (tertiary alicyclic amines) is 1. The van der Waals surface area contributed by atoms with Gasteiger partial charge in [0, 0.05) is 24.5 Å². The summed E-state index contributed by atoms with van der Waals surface area (Å²) in [5, 5.41) is 0. The third kappa shape index (κ3) is 3.13. The van der Waals surface area contributed by atoms with Crippen LogP contribution in [0.2, 0.25) is 0 Å². The zero-order chi connectivity index (χ0) is 18.9. The predicted molar refractivity (Wildman–Crippen MR) is 105 cm³/mol. The van der Waals surface area contributed by atoms with Gasteiger partial charge in [0.15, 0.2) is 0 Å². The van der Waals surface area contributed by atoms with Gasteiger partial charge in [-0.05, 0) is 38.7 Å². The van der Waals surface area contributed by atoms with Gasteiger partial charge in [0.25, 0.3) is 0 Å². The molecule has 0 spiro atoms. The van der Waals surface area contributed by atoms with Crippen molar-refractivity contribution in [1.82, 2.24) is 4.90 Å². The Labute approximate surface area is 162 Å². The van der Waals surface area contributed by atoms with Crippen LogP contribution in [0.25, 0.3) is 0 Å². The molecule has 4 nitrogen and oxygen atoms in total. The minimum absolute atomic E-state index is 0.000693. The van der Waals surface area contributed by atoms with Crippen molar-refractivity contribution in [2.24, 2.45) is 10.8 Å². The van der Waals surface area contributed by atoms with Crippen LogP contribution in [0.4, 0.5) is 0 Å². The van der Waals surface area contributed by atoms with E-state index in [0.29, 0.717) is 19.8 Å². The minimum Gasteiger partial charge on any atom is -0.465 e. The number of hydrogen-bond acceptors (Lipinski definition) is 4. The van der Waals surface area contributed by atoms with Crippen molar-refractivity contribution < 1.29 is 14.3 Å². The zero-order valence-corrected chi connectivity index (χ0v) is 16.5. The van der Waals surface area contributed by atoms with E-state index in [0.717, 1.165) is 32.2 Å². The van der Waals surface area contributed by atoms with Crippen molar-refractivity contribution in [1.29, 1.82) is 0 Å². The van der Waals surface area contributed by atoms with Crippen LogP contribution in [-0.2, 0) is 14.3 Å². The molecule has 4 atom stereocenters. The Morgan fingerprint density at radius 1 is 1.26 bits per heavy atom. The van der Waals surface area contributed by atoms with Crippen molar-refractivity contribution in [3.8, 4) is 0 Å². The molecule has 3 aliphatic rings. The average Bonchev–Trinajstić information content (AvgIpc) is 2.91. The first kappa shape index (κ1) is 18.7. The van der Waals surface area contributed by atoms with Gasteiger partial charge in [-0.1, -0.05) is 48.9 Å². The van der Waals surface area contributed by atoms with Gasteiger partial charge < -0.3 is 9.47 Å². The summed E-state index contributed by atoms with van der Waals surface area (Å²) in [6.07, 6.45) is 8.35. The molecule has 2 bridgehead atoms. The fraction of sp³-hybridized carbons (Fsp3) is 0.609. The topological polar surface area (TPSA) is 38.8 Å². The molecule has 1 aromatic rings. The second-order valence-corrected chi connectivity index (χ2v) is 8.47. The van der Waals surface area contributed by atoms with Crippen LogP contribution in [0.15, 0.2) is 42.5 Å². The van der Waals surface area contributed by atoms with E-state index in [2.05, 4.69) is 54.3 Å².